The first-order chi connectivity index (χ1) is 10.9. The zero-order valence-electron chi connectivity index (χ0n) is 12.5. The Labute approximate surface area is 130 Å². The molecule has 3 N–H and O–H groups in total. The van der Waals surface area contributed by atoms with Crippen molar-refractivity contribution < 1.29 is 24.5 Å². The lowest BCUT2D eigenvalue weighted by Gasteiger charge is -2.12. The molecule has 0 bridgehead atoms. The van der Waals surface area contributed by atoms with Crippen molar-refractivity contribution in [3.63, 3.8) is 0 Å². The Bertz CT molecular complexity index is 954. The molecule has 0 amide bonds. The van der Waals surface area contributed by atoms with E-state index in [1.54, 1.807) is 19.1 Å². The Hall–Kier alpha value is -3.15. The van der Waals surface area contributed by atoms with Crippen LogP contribution in [0.25, 0.3) is 22.3 Å². The van der Waals surface area contributed by atoms with Gasteiger partial charge >= 0.3 is 0 Å². The van der Waals surface area contributed by atoms with Gasteiger partial charge in [-0.05, 0) is 42.8 Å². The number of phenols is 3. The van der Waals surface area contributed by atoms with E-state index in [0.29, 0.717) is 11.1 Å². The molecule has 0 unspecified atom stereocenters. The number of hydrogen-bond donors (Lipinski definition) is 3. The predicted octanol–water partition coefficient (Wildman–Crippen LogP) is 2.89. The van der Waals surface area contributed by atoms with Gasteiger partial charge in [0.1, 0.15) is 16.7 Å². The van der Waals surface area contributed by atoms with E-state index in [1.165, 1.54) is 25.3 Å². The van der Waals surface area contributed by atoms with Crippen molar-refractivity contribution in [3.8, 4) is 34.3 Å². The van der Waals surface area contributed by atoms with Gasteiger partial charge in [0, 0.05) is 5.56 Å². The lowest BCUT2D eigenvalue weighted by molar-refractivity contribution is 0.393. The average Bonchev–Trinajstić information content (AvgIpc) is 2.52. The van der Waals surface area contributed by atoms with Gasteiger partial charge in [-0.3, -0.25) is 4.79 Å². The minimum Gasteiger partial charge on any atom is -0.508 e. The summed E-state index contributed by atoms with van der Waals surface area (Å²) >= 11 is 0. The van der Waals surface area contributed by atoms with Gasteiger partial charge in [0.05, 0.1) is 7.11 Å². The molecule has 23 heavy (non-hydrogen) atoms. The molecule has 118 valence electrons. The van der Waals surface area contributed by atoms with E-state index in [9.17, 15) is 20.1 Å². The molecule has 1 heterocycles. The second-order valence-electron chi connectivity index (χ2n) is 5.11. The summed E-state index contributed by atoms with van der Waals surface area (Å²) in [5.74, 6) is -0.784. The Balaban J connectivity index is 2.45. The number of aromatic hydroxyl groups is 3. The van der Waals surface area contributed by atoms with E-state index in [0.717, 1.165) is 0 Å². The molecule has 2 aromatic carbocycles. The van der Waals surface area contributed by atoms with Crippen molar-refractivity contribution in [1.29, 1.82) is 0 Å². The molecular formula is C17H14O6. The van der Waals surface area contributed by atoms with Gasteiger partial charge in [-0.1, -0.05) is 0 Å². The van der Waals surface area contributed by atoms with Crippen LogP contribution < -0.4 is 10.2 Å². The van der Waals surface area contributed by atoms with Crippen LogP contribution in [-0.2, 0) is 0 Å². The Morgan fingerprint density at radius 2 is 1.74 bits per heavy atom. The van der Waals surface area contributed by atoms with Gasteiger partial charge in [0.25, 0.3) is 0 Å². The molecule has 0 saturated heterocycles. The van der Waals surface area contributed by atoms with Gasteiger partial charge in [0.15, 0.2) is 17.3 Å². The van der Waals surface area contributed by atoms with Crippen molar-refractivity contribution in [2.24, 2.45) is 0 Å². The first-order valence-electron chi connectivity index (χ1n) is 6.79. The van der Waals surface area contributed by atoms with Crippen molar-refractivity contribution >= 4 is 11.0 Å². The number of aryl methyl sites for hydroxylation is 1. The third kappa shape index (κ3) is 2.24. The maximum Gasteiger partial charge on any atom is 0.239 e. The molecule has 6 nitrogen and oxygen atoms in total. The van der Waals surface area contributed by atoms with Crippen LogP contribution in [-0.4, -0.2) is 22.4 Å². The first-order valence-corrected chi connectivity index (χ1v) is 6.79. The van der Waals surface area contributed by atoms with Crippen LogP contribution in [0.15, 0.2) is 39.5 Å². The molecule has 0 radical (unpaired) electrons. The van der Waals surface area contributed by atoms with E-state index < -0.39 is 16.9 Å². The molecule has 0 aliphatic carbocycles. The number of phenolic OH excluding ortho intramolecular Hbond substituents is 3. The van der Waals surface area contributed by atoms with E-state index in [2.05, 4.69) is 0 Å². The molecule has 0 atom stereocenters. The highest BCUT2D eigenvalue weighted by Crippen LogP contribution is 2.39. The van der Waals surface area contributed by atoms with E-state index in [1.807, 2.05) is 0 Å². The number of benzene rings is 2. The Kier molecular flexibility index (Phi) is 3.37. The summed E-state index contributed by atoms with van der Waals surface area (Å²) < 4.78 is 10.9. The second-order valence-corrected chi connectivity index (χ2v) is 5.11. The molecule has 0 spiro atoms. The summed E-state index contributed by atoms with van der Waals surface area (Å²) in [6, 6.07) is 7.39. The van der Waals surface area contributed by atoms with Crippen molar-refractivity contribution in [1.82, 2.24) is 0 Å². The van der Waals surface area contributed by atoms with Crippen LogP contribution in [0.1, 0.15) is 5.56 Å². The summed E-state index contributed by atoms with van der Waals surface area (Å²) in [6.07, 6.45) is 0. The standard InChI is InChI=1S/C17H14O6/c1-8-7-11(19)13(20)12-14(21)17(22-2)16(23-15(8)12)9-3-5-10(18)6-4-9/h3-7,18-20H,1-2H3. The lowest BCUT2D eigenvalue weighted by Crippen LogP contribution is -2.08. The van der Waals surface area contributed by atoms with Crippen molar-refractivity contribution in [2.75, 3.05) is 7.11 Å². The largest absolute Gasteiger partial charge is 0.508 e. The lowest BCUT2D eigenvalue weighted by atomic mass is 10.1. The summed E-state index contributed by atoms with van der Waals surface area (Å²) in [6.45, 7) is 1.65. The molecule has 0 saturated carbocycles. The second kappa shape index (κ2) is 5.24. The molecule has 0 aliphatic rings. The predicted molar refractivity (Wildman–Crippen MR) is 84.2 cm³/mol. The minimum atomic E-state index is -0.590. The zero-order chi connectivity index (χ0) is 16.7. The fourth-order valence-electron chi connectivity index (χ4n) is 2.47. The normalized spacial score (nSPS) is 10.9. The third-order valence-corrected chi connectivity index (χ3v) is 3.60. The van der Waals surface area contributed by atoms with Crippen LogP contribution in [0.4, 0.5) is 0 Å². The van der Waals surface area contributed by atoms with Gasteiger partial charge in [-0.2, -0.15) is 0 Å². The number of methoxy groups -OCH3 is 1. The van der Waals surface area contributed by atoms with Crippen LogP contribution in [0, 0.1) is 6.92 Å². The summed E-state index contributed by atoms with van der Waals surface area (Å²) in [5, 5.41) is 28.9. The smallest absolute Gasteiger partial charge is 0.239 e. The first kappa shape index (κ1) is 14.8. The topological polar surface area (TPSA) is 100 Å². The maximum atomic E-state index is 12.6. The van der Waals surface area contributed by atoms with E-state index in [-0.39, 0.29) is 28.2 Å². The molecule has 6 heteroatoms. The molecular weight excluding hydrogens is 300 g/mol. The van der Waals surface area contributed by atoms with E-state index in [4.69, 9.17) is 9.15 Å². The van der Waals surface area contributed by atoms with Gasteiger partial charge in [0.2, 0.25) is 11.2 Å². The number of ether oxygens (including phenoxy) is 1. The Morgan fingerprint density at radius 3 is 2.35 bits per heavy atom. The van der Waals surface area contributed by atoms with Crippen LogP contribution in [0.3, 0.4) is 0 Å². The fraction of sp³-hybridized carbons (Fsp3) is 0.118. The van der Waals surface area contributed by atoms with Crippen LogP contribution in [0.5, 0.6) is 23.0 Å². The van der Waals surface area contributed by atoms with Gasteiger partial charge in [-0.25, -0.2) is 0 Å². The molecule has 0 fully saturated rings. The summed E-state index contributed by atoms with van der Waals surface area (Å²) in [7, 11) is 1.31. The highest BCUT2D eigenvalue weighted by Gasteiger charge is 2.22. The van der Waals surface area contributed by atoms with Crippen LogP contribution >= 0.6 is 0 Å². The molecule has 0 aliphatic heterocycles. The number of fused-ring (bicyclic) bond motifs is 1. The highest BCUT2D eigenvalue weighted by atomic mass is 16.5. The summed E-state index contributed by atoms with van der Waals surface area (Å²) in [4.78, 5) is 12.6. The highest BCUT2D eigenvalue weighted by molar-refractivity contribution is 5.91. The number of hydrogen-bond acceptors (Lipinski definition) is 6. The van der Waals surface area contributed by atoms with Crippen molar-refractivity contribution in [3.05, 3.63) is 46.1 Å². The SMILES string of the molecule is COc1c(-c2ccc(O)cc2)oc2c(C)cc(O)c(O)c2c1=O. The van der Waals surface area contributed by atoms with Crippen LogP contribution in [0.2, 0.25) is 0 Å². The number of rotatable bonds is 2. The monoisotopic (exact) mass is 314 g/mol. The van der Waals surface area contributed by atoms with Gasteiger partial charge < -0.3 is 24.5 Å². The van der Waals surface area contributed by atoms with Gasteiger partial charge in [-0.15, -0.1) is 0 Å². The summed E-state index contributed by atoms with van der Waals surface area (Å²) in [5.41, 5.74) is 0.600. The third-order valence-electron chi connectivity index (χ3n) is 3.60. The maximum absolute atomic E-state index is 12.6. The fourth-order valence-corrected chi connectivity index (χ4v) is 2.47. The van der Waals surface area contributed by atoms with Crippen molar-refractivity contribution in [2.45, 2.75) is 6.92 Å². The van der Waals surface area contributed by atoms with E-state index >= 15 is 0 Å². The molecule has 1 aromatic heterocycles. The molecule has 3 rings (SSSR count). The average molecular weight is 314 g/mol. The molecule has 3 aromatic rings. The minimum absolute atomic E-state index is 0.0783. The zero-order valence-corrected chi connectivity index (χ0v) is 12.5. The Morgan fingerprint density at radius 1 is 1.09 bits per heavy atom. The quantitative estimate of drug-likeness (QED) is 0.629.